The topological polar surface area (TPSA) is 119 Å². The quantitative estimate of drug-likeness (QED) is 0.162. The first-order chi connectivity index (χ1) is 23.3. The minimum Gasteiger partial charge on any atom is -0.494 e. The van der Waals surface area contributed by atoms with Crippen molar-refractivity contribution in [3.63, 3.8) is 0 Å². The summed E-state index contributed by atoms with van der Waals surface area (Å²) >= 11 is 0. The van der Waals surface area contributed by atoms with Crippen molar-refractivity contribution in [2.75, 3.05) is 18.5 Å². The van der Waals surface area contributed by atoms with Crippen LogP contribution in [0.4, 0.5) is 5.69 Å². The van der Waals surface area contributed by atoms with Gasteiger partial charge in [-0.25, -0.2) is 4.79 Å². The van der Waals surface area contributed by atoms with Gasteiger partial charge in [0, 0.05) is 39.9 Å². The SMILES string of the molecule is CCOc1ccc2c(c1)OCCn1c-2c(C2CCCCC2)c2ccc(C(=O)NC3(C(=O)Nc4ccc(C=CC(=O)O)cc4)CCC3)cc21. The van der Waals surface area contributed by atoms with Crippen molar-refractivity contribution in [3.8, 4) is 22.8 Å². The Balaban J connectivity index is 1.19. The van der Waals surface area contributed by atoms with E-state index in [4.69, 9.17) is 14.6 Å². The normalized spacial score (nSPS) is 17.0. The van der Waals surface area contributed by atoms with Gasteiger partial charge in [-0.2, -0.15) is 0 Å². The Kier molecular flexibility index (Phi) is 8.69. The molecule has 2 amide bonds. The van der Waals surface area contributed by atoms with E-state index in [2.05, 4.69) is 27.3 Å². The molecule has 7 rings (SSSR count). The molecule has 2 fully saturated rings. The molecular weight excluding hydrogens is 606 g/mol. The number of carbonyl (C=O) groups is 3. The van der Waals surface area contributed by atoms with Crippen LogP contribution < -0.4 is 20.1 Å². The third-order valence-corrected chi connectivity index (χ3v) is 10.1. The van der Waals surface area contributed by atoms with E-state index in [1.807, 2.05) is 31.2 Å². The number of carboxylic acid groups (broad SMARTS) is 1. The summed E-state index contributed by atoms with van der Waals surface area (Å²) < 4.78 is 14.4. The Hall–Kier alpha value is -5.05. The Morgan fingerprint density at radius 2 is 1.79 bits per heavy atom. The summed E-state index contributed by atoms with van der Waals surface area (Å²) in [6.45, 7) is 3.71. The molecule has 3 N–H and O–H groups in total. The summed E-state index contributed by atoms with van der Waals surface area (Å²) in [6.07, 6.45) is 10.5. The number of fused-ring (bicyclic) bond motifs is 5. The van der Waals surface area contributed by atoms with E-state index in [9.17, 15) is 14.4 Å². The first kappa shape index (κ1) is 31.5. The van der Waals surface area contributed by atoms with E-state index in [1.165, 1.54) is 42.0 Å². The molecule has 2 saturated carbocycles. The first-order valence-electron chi connectivity index (χ1n) is 17.1. The molecule has 3 aliphatic rings. The monoisotopic (exact) mass is 647 g/mol. The number of benzene rings is 3. The zero-order chi connectivity index (χ0) is 33.3. The molecule has 0 unspecified atom stereocenters. The maximum atomic E-state index is 13.9. The van der Waals surface area contributed by atoms with Gasteiger partial charge >= 0.3 is 5.97 Å². The van der Waals surface area contributed by atoms with E-state index in [1.54, 1.807) is 24.3 Å². The van der Waals surface area contributed by atoms with Crippen molar-refractivity contribution in [3.05, 3.63) is 83.4 Å². The lowest BCUT2D eigenvalue weighted by molar-refractivity contribution is -0.131. The Morgan fingerprint density at radius 3 is 2.50 bits per heavy atom. The van der Waals surface area contributed by atoms with Crippen molar-refractivity contribution in [1.29, 1.82) is 0 Å². The van der Waals surface area contributed by atoms with Crippen LogP contribution in [0.25, 0.3) is 28.2 Å². The van der Waals surface area contributed by atoms with Crippen molar-refractivity contribution < 1.29 is 29.0 Å². The number of rotatable bonds is 9. The second-order valence-electron chi connectivity index (χ2n) is 13.1. The predicted octanol–water partition coefficient (Wildman–Crippen LogP) is 7.54. The summed E-state index contributed by atoms with van der Waals surface area (Å²) in [5.74, 6) is 0.483. The van der Waals surface area contributed by atoms with Crippen LogP contribution in [0.5, 0.6) is 11.5 Å². The lowest BCUT2D eigenvalue weighted by atomic mass is 9.75. The van der Waals surface area contributed by atoms with Crippen molar-refractivity contribution in [2.45, 2.75) is 76.3 Å². The largest absolute Gasteiger partial charge is 0.494 e. The van der Waals surface area contributed by atoms with Gasteiger partial charge in [-0.05, 0) is 98.5 Å². The van der Waals surface area contributed by atoms with E-state index in [-0.39, 0.29) is 11.8 Å². The van der Waals surface area contributed by atoms with Gasteiger partial charge in [0.1, 0.15) is 23.6 Å². The number of ether oxygens (including phenoxy) is 2. The van der Waals surface area contributed by atoms with Crippen molar-refractivity contribution in [1.82, 2.24) is 9.88 Å². The maximum absolute atomic E-state index is 13.9. The minimum absolute atomic E-state index is 0.256. The predicted molar refractivity (Wildman–Crippen MR) is 186 cm³/mol. The van der Waals surface area contributed by atoms with E-state index in [0.29, 0.717) is 55.3 Å². The molecule has 0 saturated heterocycles. The van der Waals surface area contributed by atoms with Crippen LogP contribution in [0.15, 0.2) is 66.7 Å². The molecule has 9 nitrogen and oxygen atoms in total. The molecule has 2 aliphatic carbocycles. The molecule has 1 aliphatic heterocycles. The fourth-order valence-corrected chi connectivity index (χ4v) is 7.49. The minimum atomic E-state index is -1.03. The highest BCUT2D eigenvalue weighted by molar-refractivity contribution is 6.06. The molecule has 3 aromatic carbocycles. The molecule has 48 heavy (non-hydrogen) atoms. The second-order valence-corrected chi connectivity index (χ2v) is 13.1. The fourth-order valence-electron chi connectivity index (χ4n) is 7.49. The number of carboxylic acids is 1. The van der Waals surface area contributed by atoms with Crippen LogP contribution in [0, 0.1) is 0 Å². The zero-order valence-electron chi connectivity index (χ0n) is 27.2. The lowest BCUT2D eigenvalue weighted by Gasteiger charge is -2.40. The summed E-state index contributed by atoms with van der Waals surface area (Å²) in [5, 5.41) is 16.1. The Bertz CT molecular complexity index is 1900. The summed E-state index contributed by atoms with van der Waals surface area (Å²) in [4.78, 5) is 38.2. The summed E-state index contributed by atoms with van der Waals surface area (Å²) in [7, 11) is 0. The number of anilines is 1. The van der Waals surface area contributed by atoms with Crippen LogP contribution >= 0.6 is 0 Å². The van der Waals surface area contributed by atoms with Crippen molar-refractivity contribution >= 4 is 40.4 Å². The molecule has 0 bridgehead atoms. The molecule has 4 aromatic rings. The number of hydrogen-bond donors (Lipinski definition) is 3. The highest BCUT2D eigenvalue weighted by Gasteiger charge is 2.45. The van der Waals surface area contributed by atoms with Gasteiger partial charge in [0.15, 0.2) is 0 Å². The van der Waals surface area contributed by atoms with Crippen LogP contribution in [0.2, 0.25) is 0 Å². The standard InChI is InChI=1S/C39H41N3O6/c1-2-47-29-15-17-31-33(24-29)48-22-21-42-32-23-27(12-16-30(32)35(36(31)42)26-7-4-3-5-8-26)37(45)41-39(19-6-20-39)38(46)40-28-13-9-25(10-14-28)11-18-34(43)44/h9-18,23-24,26H,2-8,19-22H2,1H3,(H,40,46)(H,41,45)(H,43,44). The molecule has 0 atom stereocenters. The zero-order valence-corrected chi connectivity index (χ0v) is 27.2. The molecule has 9 heteroatoms. The molecule has 0 spiro atoms. The molecular formula is C39H41N3O6. The van der Waals surface area contributed by atoms with E-state index >= 15 is 0 Å². The van der Waals surface area contributed by atoms with Gasteiger partial charge in [0.25, 0.3) is 5.91 Å². The maximum Gasteiger partial charge on any atom is 0.328 e. The molecule has 0 radical (unpaired) electrons. The number of nitrogens with zero attached hydrogens (tertiary/aromatic N) is 1. The average molecular weight is 648 g/mol. The summed E-state index contributed by atoms with van der Waals surface area (Å²) in [6, 6.07) is 19.0. The smallest absolute Gasteiger partial charge is 0.328 e. The Morgan fingerprint density at radius 1 is 1.00 bits per heavy atom. The summed E-state index contributed by atoms with van der Waals surface area (Å²) in [5.41, 5.74) is 5.37. The third kappa shape index (κ3) is 6.05. The van der Waals surface area contributed by atoms with Crippen LogP contribution in [0.1, 0.15) is 85.7 Å². The van der Waals surface area contributed by atoms with Gasteiger partial charge in [-0.3, -0.25) is 9.59 Å². The molecule has 1 aromatic heterocycles. The van der Waals surface area contributed by atoms with Gasteiger partial charge in [0.2, 0.25) is 5.91 Å². The first-order valence-corrected chi connectivity index (χ1v) is 17.1. The molecule has 2 heterocycles. The van der Waals surface area contributed by atoms with Gasteiger partial charge in [-0.15, -0.1) is 0 Å². The van der Waals surface area contributed by atoms with Crippen LogP contribution in [-0.4, -0.2) is 46.2 Å². The molecule has 248 valence electrons. The van der Waals surface area contributed by atoms with Gasteiger partial charge < -0.3 is 29.8 Å². The fraction of sp³-hybridized carbons (Fsp3) is 0.359. The number of nitrogens with one attached hydrogen (secondary N) is 2. The second kappa shape index (κ2) is 13.2. The van der Waals surface area contributed by atoms with E-state index < -0.39 is 11.5 Å². The van der Waals surface area contributed by atoms with Crippen molar-refractivity contribution in [2.24, 2.45) is 0 Å². The third-order valence-electron chi connectivity index (χ3n) is 10.1. The number of hydrogen-bond acceptors (Lipinski definition) is 5. The van der Waals surface area contributed by atoms with Crippen LogP contribution in [-0.2, 0) is 16.1 Å². The number of aliphatic carboxylic acids is 1. The lowest BCUT2D eigenvalue weighted by Crippen LogP contribution is -2.61. The number of amides is 2. The average Bonchev–Trinajstić information content (AvgIpc) is 3.27. The van der Waals surface area contributed by atoms with Gasteiger partial charge in [0.05, 0.1) is 18.8 Å². The van der Waals surface area contributed by atoms with Crippen LogP contribution in [0.3, 0.4) is 0 Å². The number of carbonyl (C=O) groups excluding carboxylic acids is 2. The van der Waals surface area contributed by atoms with E-state index in [0.717, 1.165) is 47.9 Å². The van der Waals surface area contributed by atoms with Gasteiger partial charge in [-0.1, -0.05) is 37.5 Å². The highest BCUT2D eigenvalue weighted by atomic mass is 16.5. The Labute approximate surface area is 279 Å². The highest BCUT2D eigenvalue weighted by Crippen LogP contribution is 2.48. The number of aromatic nitrogens is 1.